The Balaban J connectivity index is 1.74. The molecule has 26 heavy (non-hydrogen) atoms. The minimum atomic E-state index is -0.364. The van der Waals surface area contributed by atoms with Crippen molar-refractivity contribution in [1.29, 1.82) is 0 Å². The van der Waals surface area contributed by atoms with Crippen LogP contribution in [0.5, 0.6) is 0 Å². The van der Waals surface area contributed by atoms with Gasteiger partial charge in [0.25, 0.3) is 0 Å². The van der Waals surface area contributed by atoms with Crippen molar-refractivity contribution in [3.63, 3.8) is 0 Å². The Morgan fingerprint density at radius 1 is 1.35 bits per heavy atom. The summed E-state index contributed by atoms with van der Waals surface area (Å²) in [6, 6.07) is 6.46. The van der Waals surface area contributed by atoms with Crippen LogP contribution in [0, 0.1) is 19.7 Å². The summed E-state index contributed by atoms with van der Waals surface area (Å²) in [5, 5.41) is 0. The zero-order chi connectivity index (χ0) is 18.7. The van der Waals surface area contributed by atoms with E-state index in [0.29, 0.717) is 25.1 Å². The highest BCUT2D eigenvalue weighted by Crippen LogP contribution is 2.32. The lowest BCUT2D eigenvalue weighted by Gasteiger charge is -2.36. The number of benzene rings is 1. The Labute approximate surface area is 152 Å². The second-order valence-corrected chi connectivity index (χ2v) is 6.88. The summed E-state index contributed by atoms with van der Waals surface area (Å²) in [7, 11) is 0. The smallest absolute Gasteiger partial charge is 0.336 e. The minimum absolute atomic E-state index is 0.0592. The maximum absolute atomic E-state index is 13.6. The topological polar surface area (TPSA) is 66.1 Å². The molecule has 0 unspecified atom stereocenters. The van der Waals surface area contributed by atoms with Gasteiger partial charge in [-0.3, -0.25) is 4.79 Å². The highest BCUT2D eigenvalue weighted by molar-refractivity contribution is 5.77. The van der Waals surface area contributed by atoms with Gasteiger partial charge in [0, 0.05) is 24.4 Å². The molecule has 0 saturated carbocycles. The molecule has 138 valence electrons. The minimum Gasteiger partial charge on any atom is -0.336 e. The molecule has 1 N–H and O–H groups in total. The maximum atomic E-state index is 13.6. The first-order chi connectivity index (χ1) is 12.5. The second-order valence-electron chi connectivity index (χ2n) is 6.88. The van der Waals surface area contributed by atoms with Gasteiger partial charge in [0.2, 0.25) is 5.91 Å². The lowest BCUT2D eigenvalue weighted by molar-refractivity contribution is -0.135. The van der Waals surface area contributed by atoms with Crippen LogP contribution in [0.2, 0.25) is 0 Å². The van der Waals surface area contributed by atoms with Crippen molar-refractivity contribution < 1.29 is 9.18 Å². The van der Waals surface area contributed by atoms with Gasteiger partial charge in [0.05, 0.1) is 6.04 Å². The molecule has 0 bridgehead atoms. The molecule has 1 atom stereocenters. The van der Waals surface area contributed by atoms with Gasteiger partial charge in [-0.15, -0.1) is 0 Å². The Morgan fingerprint density at radius 3 is 2.88 bits per heavy atom. The van der Waals surface area contributed by atoms with E-state index in [1.165, 1.54) is 12.1 Å². The molecule has 2 aromatic rings. The largest absolute Gasteiger partial charge is 0.345 e. The van der Waals surface area contributed by atoms with Crippen LogP contribution >= 0.6 is 0 Å². The van der Waals surface area contributed by atoms with Crippen molar-refractivity contribution in [2.75, 3.05) is 6.54 Å². The van der Waals surface area contributed by atoms with E-state index in [1.807, 2.05) is 17.9 Å². The Kier molecular flexibility index (Phi) is 5.49. The number of aromatic nitrogens is 2. The van der Waals surface area contributed by atoms with E-state index in [9.17, 15) is 14.0 Å². The fraction of sp³-hybridized carbons (Fsp3) is 0.450. The van der Waals surface area contributed by atoms with Crippen LogP contribution in [0.15, 0.2) is 29.1 Å². The average molecular weight is 357 g/mol. The van der Waals surface area contributed by atoms with Gasteiger partial charge in [-0.1, -0.05) is 12.1 Å². The van der Waals surface area contributed by atoms with Gasteiger partial charge >= 0.3 is 5.69 Å². The Hall–Kier alpha value is -2.50. The molecule has 2 heterocycles. The monoisotopic (exact) mass is 357 g/mol. The number of nitrogens with one attached hydrogen (secondary N) is 1. The molecule has 0 radical (unpaired) electrons. The number of likely N-dealkylation sites (tertiary alicyclic amines) is 1. The molecule has 0 spiro atoms. The molecule has 3 rings (SSSR count). The van der Waals surface area contributed by atoms with Crippen molar-refractivity contribution in [2.45, 2.75) is 52.0 Å². The number of H-pyrrole nitrogens is 1. The van der Waals surface area contributed by atoms with E-state index < -0.39 is 0 Å². The molecule has 0 aliphatic carbocycles. The number of nitrogens with zero attached hydrogens (tertiary/aromatic N) is 2. The maximum Gasteiger partial charge on any atom is 0.345 e. The van der Waals surface area contributed by atoms with E-state index in [1.54, 1.807) is 13.0 Å². The van der Waals surface area contributed by atoms with Crippen molar-refractivity contribution in [3.8, 4) is 0 Å². The number of amides is 1. The van der Waals surface area contributed by atoms with Crippen molar-refractivity contribution in [3.05, 3.63) is 63.1 Å². The van der Waals surface area contributed by atoms with Crippen molar-refractivity contribution >= 4 is 5.91 Å². The van der Waals surface area contributed by atoms with Crippen LogP contribution in [0.25, 0.3) is 0 Å². The predicted molar refractivity (Wildman–Crippen MR) is 97.4 cm³/mol. The van der Waals surface area contributed by atoms with E-state index >= 15 is 0 Å². The number of hydrogen-bond donors (Lipinski definition) is 1. The summed E-state index contributed by atoms with van der Waals surface area (Å²) < 4.78 is 13.6. The lowest BCUT2D eigenvalue weighted by Crippen LogP contribution is -2.38. The van der Waals surface area contributed by atoms with Gasteiger partial charge in [0.15, 0.2) is 0 Å². The number of hydrogen-bond acceptors (Lipinski definition) is 3. The number of rotatable bonds is 4. The first kappa shape index (κ1) is 18.3. The van der Waals surface area contributed by atoms with Crippen LogP contribution in [-0.4, -0.2) is 27.3 Å². The van der Waals surface area contributed by atoms with Gasteiger partial charge < -0.3 is 9.88 Å². The van der Waals surface area contributed by atoms with Crippen LogP contribution in [0.3, 0.4) is 0 Å². The lowest BCUT2D eigenvalue weighted by atomic mass is 9.94. The Morgan fingerprint density at radius 2 is 2.15 bits per heavy atom. The predicted octanol–water partition coefficient (Wildman–Crippen LogP) is 3.21. The van der Waals surface area contributed by atoms with Gasteiger partial charge in [-0.05, 0) is 62.8 Å². The Bertz CT molecular complexity index is 836. The molecule has 6 heteroatoms. The van der Waals surface area contributed by atoms with Crippen molar-refractivity contribution in [2.24, 2.45) is 0 Å². The quantitative estimate of drug-likeness (QED) is 0.914. The van der Waals surface area contributed by atoms with E-state index in [2.05, 4.69) is 9.97 Å². The van der Waals surface area contributed by atoms with Gasteiger partial charge in [-0.25, -0.2) is 9.18 Å². The fourth-order valence-corrected chi connectivity index (χ4v) is 3.79. The van der Waals surface area contributed by atoms with Gasteiger partial charge in [0.1, 0.15) is 5.82 Å². The third-order valence-corrected chi connectivity index (χ3v) is 5.10. The number of carbonyl (C=O) groups is 1. The van der Waals surface area contributed by atoms with Crippen molar-refractivity contribution in [1.82, 2.24) is 14.9 Å². The van der Waals surface area contributed by atoms with E-state index in [0.717, 1.165) is 36.1 Å². The number of aryl methyl sites for hydroxylation is 2. The highest BCUT2D eigenvalue weighted by atomic mass is 19.1. The fourth-order valence-electron chi connectivity index (χ4n) is 3.79. The summed E-state index contributed by atoms with van der Waals surface area (Å²) in [5.41, 5.74) is 2.83. The summed E-state index contributed by atoms with van der Waals surface area (Å²) in [6.07, 6.45) is 3.74. The first-order valence-corrected chi connectivity index (χ1v) is 9.07. The molecule has 1 aromatic carbocycles. The second kappa shape index (κ2) is 7.81. The molecule has 1 aliphatic heterocycles. The molecule has 1 aromatic heterocycles. The normalized spacial score (nSPS) is 17.3. The molecule has 1 aliphatic rings. The van der Waals surface area contributed by atoms with Crippen LogP contribution in [-0.2, 0) is 11.2 Å². The summed E-state index contributed by atoms with van der Waals surface area (Å²) >= 11 is 0. The number of halogens is 1. The standard InChI is InChI=1S/C20H24FN3O2/c1-13-17(14(2)23-20(26)22-13)9-10-19(25)24-11-4-3-8-18(24)15-6-5-7-16(21)12-15/h5-7,12,18H,3-4,8-11H2,1-2H3,(H,22,23,26)/t18-/m1/s1. The zero-order valence-electron chi connectivity index (χ0n) is 15.2. The molecule has 1 saturated heterocycles. The molecular weight excluding hydrogens is 333 g/mol. The zero-order valence-corrected chi connectivity index (χ0v) is 15.2. The highest BCUT2D eigenvalue weighted by Gasteiger charge is 2.28. The third-order valence-electron chi connectivity index (χ3n) is 5.10. The molecule has 1 amide bonds. The summed E-state index contributed by atoms with van der Waals surface area (Å²) in [6.45, 7) is 4.31. The van der Waals surface area contributed by atoms with Crippen LogP contribution in [0.1, 0.15) is 54.2 Å². The SMILES string of the molecule is Cc1nc(=O)[nH]c(C)c1CCC(=O)N1CCCC[C@@H]1c1cccc(F)c1. The number of piperidine rings is 1. The van der Waals surface area contributed by atoms with E-state index in [4.69, 9.17) is 0 Å². The summed E-state index contributed by atoms with van der Waals surface area (Å²) in [5.74, 6) is -0.213. The third kappa shape index (κ3) is 4.00. The molecule has 5 nitrogen and oxygen atoms in total. The number of aromatic amines is 1. The van der Waals surface area contributed by atoms with Crippen LogP contribution in [0.4, 0.5) is 4.39 Å². The van der Waals surface area contributed by atoms with Gasteiger partial charge in [-0.2, -0.15) is 4.98 Å². The van der Waals surface area contributed by atoms with Crippen LogP contribution < -0.4 is 5.69 Å². The van der Waals surface area contributed by atoms with E-state index in [-0.39, 0.29) is 23.5 Å². The average Bonchev–Trinajstić information content (AvgIpc) is 2.60. The molecular formula is C20H24FN3O2. The molecule has 1 fully saturated rings. The first-order valence-electron chi connectivity index (χ1n) is 9.07. The number of carbonyl (C=O) groups excluding carboxylic acids is 1. The summed E-state index contributed by atoms with van der Waals surface area (Å²) in [4.78, 5) is 32.8.